The van der Waals surface area contributed by atoms with Crippen molar-refractivity contribution in [1.82, 2.24) is 9.62 Å². The van der Waals surface area contributed by atoms with Crippen molar-refractivity contribution in [3.05, 3.63) is 52.4 Å². The number of amides is 1. The van der Waals surface area contributed by atoms with Gasteiger partial charge in [-0.2, -0.15) is 4.31 Å². The van der Waals surface area contributed by atoms with Crippen molar-refractivity contribution in [2.45, 2.75) is 42.5 Å². The predicted octanol–water partition coefficient (Wildman–Crippen LogP) is 3.65. The number of carbonyl (C=O) groups excluding carboxylic acids is 1. The maximum Gasteiger partial charge on any atom is 0.252 e. The molecule has 1 aromatic heterocycles. The van der Waals surface area contributed by atoms with Crippen LogP contribution in [0, 0.1) is 0 Å². The SMILES string of the molecule is O=C(CC1CCCCN1S(=O)(=O)c1cccs1)NCc1ccccc1Cl. The first-order chi connectivity index (χ1) is 12.5. The third kappa shape index (κ3) is 4.46. The van der Waals surface area contributed by atoms with E-state index in [1.54, 1.807) is 23.6 Å². The van der Waals surface area contributed by atoms with Crippen LogP contribution in [-0.4, -0.2) is 31.2 Å². The minimum atomic E-state index is -3.54. The van der Waals surface area contributed by atoms with Crippen molar-refractivity contribution in [3.8, 4) is 0 Å². The molecule has 1 aromatic carbocycles. The molecule has 8 heteroatoms. The normalized spacial score (nSPS) is 18.6. The third-order valence-corrected chi connectivity index (χ3v) is 8.18. The molecule has 1 atom stereocenters. The highest BCUT2D eigenvalue weighted by molar-refractivity contribution is 7.91. The number of carbonyl (C=O) groups is 1. The summed E-state index contributed by atoms with van der Waals surface area (Å²) >= 11 is 7.31. The van der Waals surface area contributed by atoms with Gasteiger partial charge in [-0.1, -0.05) is 42.3 Å². The molecule has 2 heterocycles. The molecular formula is C18H21ClN2O3S2. The summed E-state index contributed by atoms with van der Waals surface area (Å²) in [5.74, 6) is -0.164. The van der Waals surface area contributed by atoms with Crippen molar-refractivity contribution in [3.63, 3.8) is 0 Å². The number of piperidine rings is 1. The lowest BCUT2D eigenvalue weighted by molar-refractivity contribution is -0.122. The third-order valence-electron chi connectivity index (χ3n) is 4.49. The van der Waals surface area contributed by atoms with E-state index < -0.39 is 10.0 Å². The molecule has 0 saturated carbocycles. The maximum atomic E-state index is 12.9. The molecule has 140 valence electrons. The van der Waals surface area contributed by atoms with Gasteiger partial charge in [0.2, 0.25) is 5.91 Å². The fraction of sp³-hybridized carbons (Fsp3) is 0.389. The molecule has 1 N–H and O–H groups in total. The zero-order chi connectivity index (χ0) is 18.6. The zero-order valence-electron chi connectivity index (χ0n) is 14.2. The molecule has 0 bridgehead atoms. The molecule has 1 unspecified atom stereocenters. The van der Waals surface area contributed by atoms with E-state index in [0.717, 1.165) is 18.4 Å². The summed E-state index contributed by atoms with van der Waals surface area (Å²) in [6.45, 7) is 0.797. The molecule has 1 aliphatic rings. The first-order valence-electron chi connectivity index (χ1n) is 8.54. The summed E-state index contributed by atoms with van der Waals surface area (Å²) in [6, 6.07) is 10.4. The Morgan fingerprint density at radius 1 is 1.23 bits per heavy atom. The number of hydrogen-bond donors (Lipinski definition) is 1. The van der Waals surface area contributed by atoms with Gasteiger partial charge >= 0.3 is 0 Å². The molecule has 1 amide bonds. The zero-order valence-corrected chi connectivity index (χ0v) is 16.6. The largest absolute Gasteiger partial charge is 0.352 e. The Labute approximate surface area is 163 Å². The summed E-state index contributed by atoms with van der Waals surface area (Å²) in [5, 5.41) is 5.21. The molecular weight excluding hydrogens is 392 g/mol. The molecule has 1 saturated heterocycles. The molecule has 1 fully saturated rings. The Morgan fingerprint density at radius 3 is 2.77 bits per heavy atom. The van der Waals surface area contributed by atoms with E-state index in [9.17, 15) is 13.2 Å². The second-order valence-electron chi connectivity index (χ2n) is 6.27. The van der Waals surface area contributed by atoms with Gasteiger partial charge in [-0.25, -0.2) is 8.42 Å². The van der Waals surface area contributed by atoms with E-state index in [0.29, 0.717) is 28.7 Å². The van der Waals surface area contributed by atoms with Gasteiger partial charge in [-0.05, 0) is 35.9 Å². The topological polar surface area (TPSA) is 66.5 Å². The first-order valence-corrected chi connectivity index (χ1v) is 11.2. The molecule has 0 radical (unpaired) electrons. The van der Waals surface area contributed by atoms with Crippen molar-refractivity contribution in [2.75, 3.05) is 6.54 Å². The summed E-state index contributed by atoms with van der Waals surface area (Å²) in [5.41, 5.74) is 0.842. The lowest BCUT2D eigenvalue weighted by Gasteiger charge is -2.34. The highest BCUT2D eigenvalue weighted by Crippen LogP contribution is 2.29. The minimum absolute atomic E-state index is 0.162. The van der Waals surface area contributed by atoms with Gasteiger partial charge in [-0.3, -0.25) is 4.79 Å². The number of hydrogen-bond acceptors (Lipinski definition) is 4. The summed E-state index contributed by atoms with van der Waals surface area (Å²) in [7, 11) is -3.54. The standard InChI is InChI=1S/C18H21ClN2O3S2/c19-16-8-2-1-6-14(16)13-20-17(22)12-15-7-3-4-10-21(15)26(23,24)18-9-5-11-25-18/h1-2,5-6,8-9,11,15H,3-4,7,10,12-13H2,(H,20,22). The minimum Gasteiger partial charge on any atom is -0.352 e. The molecule has 2 aromatic rings. The van der Waals surface area contributed by atoms with Crippen molar-refractivity contribution < 1.29 is 13.2 Å². The quantitative estimate of drug-likeness (QED) is 0.787. The van der Waals surface area contributed by atoms with Crippen LogP contribution in [0.4, 0.5) is 0 Å². The van der Waals surface area contributed by atoms with E-state index in [2.05, 4.69) is 5.32 Å². The van der Waals surface area contributed by atoms with E-state index >= 15 is 0 Å². The molecule has 3 rings (SSSR count). The summed E-state index contributed by atoms with van der Waals surface area (Å²) in [6.07, 6.45) is 2.61. The van der Waals surface area contributed by atoms with Gasteiger partial charge in [0.1, 0.15) is 4.21 Å². The number of thiophene rings is 1. The number of nitrogens with one attached hydrogen (secondary N) is 1. The van der Waals surface area contributed by atoms with Crippen LogP contribution in [0.15, 0.2) is 46.0 Å². The Morgan fingerprint density at radius 2 is 2.04 bits per heavy atom. The first kappa shape index (κ1) is 19.4. The molecule has 26 heavy (non-hydrogen) atoms. The fourth-order valence-electron chi connectivity index (χ4n) is 3.14. The van der Waals surface area contributed by atoms with Crippen LogP contribution in [0.3, 0.4) is 0 Å². The van der Waals surface area contributed by atoms with Crippen LogP contribution in [0.2, 0.25) is 5.02 Å². The van der Waals surface area contributed by atoms with Crippen LogP contribution in [0.5, 0.6) is 0 Å². The van der Waals surface area contributed by atoms with Gasteiger partial charge < -0.3 is 5.32 Å². The van der Waals surface area contributed by atoms with E-state index in [1.165, 1.54) is 15.6 Å². The molecule has 0 spiro atoms. The Balaban J connectivity index is 1.65. The Kier molecular flexibility index (Phi) is 6.34. The lowest BCUT2D eigenvalue weighted by Crippen LogP contribution is -2.45. The van der Waals surface area contributed by atoms with Gasteiger partial charge in [0.25, 0.3) is 10.0 Å². The van der Waals surface area contributed by atoms with E-state index in [1.807, 2.05) is 18.2 Å². The van der Waals surface area contributed by atoms with Gasteiger partial charge in [0, 0.05) is 30.6 Å². The fourth-order valence-corrected chi connectivity index (χ4v) is 6.16. The van der Waals surface area contributed by atoms with Crippen LogP contribution >= 0.6 is 22.9 Å². The van der Waals surface area contributed by atoms with Crippen molar-refractivity contribution in [2.24, 2.45) is 0 Å². The van der Waals surface area contributed by atoms with Crippen LogP contribution < -0.4 is 5.32 Å². The highest BCUT2D eigenvalue weighted by Gasteiger charge is 2.35. The van der Waals surface area contributed by atoms with Crippen LogP contribution in [-0.2, 0) is 21.4 Å². The monoisotopic (exact) mass is 412 g/mol. The van der Waals surface area contributed by atoms with Crippen LogP contribution in [0.1, 0.15) is 31.2 Å². The van der Waals surface area contributed by atoms with Crippen molar-refractivity contribution >= 4 is 38.9 Å². The summed E-state index contributed by atoms with van der Waals surface area (Å²) in [4.78, 5) is 12.4. The van der Waals surface area contributed by atoms with Gasteiger partial charge in [-0.15, -0.1) is 11.3 Å². The number of halogens is 1. The molecule has 5 nitrogen and oxygen atoms in total. The number of sulfonamides is 1. The number of benzene rings is 1. The maximum absolute atomic E-state index is 12.9. The second kappa shape index (κ2) is 8.52. The van der Waals surface area contributed by atoms with Crippen LogP contribution in [0.25, 0.3) is 0 Å². The Bertz CT molecular complexity index is 853. The van der Waals surface area contributed by atoms with Gasteiger partial charge in [0.15, 0.2) is 0 Å². The second-order valence-corrected chi connectivity index (χ2v) is 9.74. The molecule has 0 aliphatic carbocycles. The predicted molar refractivity (Wildman–Crippen MR) is 104 cm³/mol. The lowest BCUT2D eigenvalue weighted by atomic mass is 10.0. The smallest absolute Gasteiger partial charge is 0.252 e. The average molecular weight is 413 g/mol. The summed E-state index contributed by atoms with van der Waals surface area (Å²) < 4.78 is 27.5. The highest BCUT2D eigenvalue weighted by atomic mass is 35.5. The van der Waals surface area contributed by atoms with E-state index in [4.69, 9.17) is 11.6 Å². The average Bonchev–Trinajstić information content (AvgIpc) is 3.17. The van der Waals surface area contributed by atoms with Crippen molar-refractivity contribution in [1.29, 1.82) is 0 Å². The van der Waals surface area contributed by atoms with Gasteiger partial charge in [0.05, 0.1) is 0 Å². The molecule has 1 aliphatic heterocycles. The van der Waals surface area contributed by atoms with E-state index in [-0.39, 0.29) is 18.4 Å². The number of nitrogens with zero attached hydrogens (tertiary/aromatic N) is 1. The number of rotatable bonds is 6. The Hall–Kier alpha value is -1.41.